The Kier molecular flexibility index (Phi) is 5.48. The molecule has 0 radical (unpaired) electrons. The molecule has 0 spiro atoms. The van der Waals surface area contributed by atoms with Crippen molar-refractivity contribution in [1.29, 1.82) is 0 Å². The molecular weight excluding hydrogens is 394 g/mol. The normalized spacial score (nSPS) is 16.6. The molecule has 0 aliphatic carbocycles. The highest BCUT2D eigenvalue weighted by Crippen LogP contribution is 2.37. The summed E-state index contributed by atoms with van der Waals surface area (Å²) in [6, 6.07) is 25.7. The highest BCUT2D eigenvalue weighted by molar-refractivity contribution is 6.07. The maximum atomic E-state index is 13.3. The molecule has 4 aromatic rings. The van der Waals surface area contributed by atoms with E-state index in [1.165, 1.54) is 27.4 Å². The monoisotopic (exact) mass is 425 g/mol. The van der Waals surface area contributed by atoms with Gasteiger partial charge in [-0.05, 0) is 69.1 Å². The lowest BCUT2D eigenvalue weighted by Crippen LogP contribution is -2.52. The molecule has 3 aromatic carbocycles. The topological polar surface area (TPSA) is 48.1 Å². The van der Waals surface area contributed by atoms with Crippen molar-refractivity contribution >= 4 is 27.7 Å². The van der Waals surface area contributed by atoms with Crippen LogP contribution in [0, 0.1) is 0 Å². The summed E-state index contributed by atoms with van der Waals surface area (Å²) in [6.45, 7) is 6.80. The van der Waals surface area contributed by atoms with Gasteiger partial charge in [0.1, 0.15) is 0 Å². The number of piperidine rings is 1. The van der Waals surface area contributed by atoms with Gasteiger partial charge < -0.3 is 10.3 Å². The van der Waals surface area contributed by atoms with Gasteiger partial charge in [0.25, 0.3) is 0 Å². The zero-order valence-corrected chi connectivity index (χ0v) is 18.9. The van der Waals surface area contributed by atoms with Crippen molar-refractivity contribution < 1.29 is 4.79 Å². The van der Waals surface area contributed by atoms with Crippen LogP contribution in [0.2, 0.25) is 0 Å². The molecule has 1 amide bonds. The summed E-state index contributed by atoms with van der Waals surface area (Å²) in [4.78, 5) is 19.3. The van der Waals surface area contributed by atoms with Crippen molar-refractivity contribution in [2.45, 2.75) is 44.7 Å². The molecule has 1 aliphatic heterocycles. The summed E-state index contributed by atoms with van der Waals surface area (Å²) in [5, 5.41) is 5.75. The van der Waals surface area contributed by atoms with E-state index in [0.717, 1.165) is 38.0 Å². The van der Waals surface area contributed by atoms with E-state index < -0.39 is 5.41 Å². The Balaban J connectivity index is 1.36. The molecule has 2 heterocycles. The van der Waals surface area contributed by atoms with Crippen LogP contribution in [0.5, 0.6) is 0 Å². The van der Waals surface area contributed by atoms with Crippen LogP contribution in [0.3, 0.4) is 0 Å². The number of nitrogens with zero attached hydrogens (tertiary/aromatic N) is 1. The van der Waals surface area contributed by atoms with Gasteiger partial charge in [0.05, 0.1) is 5.41 Å². The Morgan fingerprint density at radius 2 is 1.62 bits per heavy atom. The summed E-state index contributed by atoms with van der Waals surface area (Å²) in [6.07, 6.45) is 1.68. The Morgan fingerprint density at radius 1 is 0.938 bits per heavy atom. The molecule has 1 aliphatic rings. The number of rotatable bonds is 5. The smallest absolute Gasteiger partial charge is 0.230 e. The number of nitrogens with one attached hydrogen (secondary N) is 2. The predicted molar refractivity (Wildman–Crippen MR) is 132 cm³/mol. The molecule has 4 heteroatoms. The van der Waals surface area contributed by atoms with Gasteiger partial charge in [-0.3, -0.25) is 9.69 Å². The fourth-order valence-corrected chi connectivity index (χ4v) is 5.15. The van der Waals surface area contributed by atoms with Crippen LogP contribution in [0.1, 0.15) is 37.8 Å². The van der Waals surface area contributed by atoms with E-state index in [1.54, 1.807) is 0 Å². The molecule has 1 saturated heterocycles. The number of fused-ring (bicyclic) bond motifs is 3. The lowest BCUT2D eigenvalue weighted by molar-refractivity contribution is -0.129. The van der Waals surface area contributed by atoms with Gasteiger partial charge in [-0.1, -0.05) is 54.6 Å². The number of para-hydroxylation sites is 1. The van der Waals surface area contributed by atoms with E-state index in [9.17, 15) is 4.79 Å². The molecule has 0 saturated carbocycles. The van der Waals surface area contributed by atoms with Crippen molar-refractivity contribution in [3.05, 3.63) is 83.9 Å². The van der Waals surface area contributed by atoms with Gasteiger partial charge in [0.15, 0.2) is 0 Å². The Morgan fingerprint density at radius 3 is 2.38 bits per heavy atom. The first kappa shape index (κ1) is 20.8. The molecule has 5 rings (SSSR count). The van der Waals surface area contributed by atoms with Crippen LogP contribution < -0.4 is 5.32 Å². The summed E-state index contributed by atoms with van der Waals surface area (Å²) < 4.78 is 0. The average molecular weight is 426 g/mol. The van der Waals surface area contributed by atoms with E-state index in [-0.39, 0.29) is 11.9 Å². The van der Waals surface area contributed by atoms with Crippen molar-refractivity contribution in [3.8, 4) is 0 Å². The number of hydrogen-bond acceptors (Lipinski definition) is 2. The first-order valence-corrected chi connectivity index (χ1v) is 11.6. The first-order chi connectivity index (χ1) is 15.5. The molecule has 0 bridgehead atoms. The van der Waals surface area contributed by atoms with E-state index in [4.69, 9.17) is 0 Å². The summed E-state index contributed by atoms with van der Waals surface area (Å²) >= 11 is 0. The summed E-state index contributed by atoms with van der Waals surface area (Å²) in [7, 11) is 0. The van der Waals surface area contributed by atoms with Gasteiger partial charge >= 0.3 is 0 Å². The number of aromatic amines is 1. The fraction of sp³-hybridized carbons (Fsp3) is 0.321. The molecule has 164 valence electrons. The summed E-state index contributed by atoms with van der Waals surface area (Å²) in [5.41, 5.74) is 4.38. The maximum Gasteiger partial charge on any atom is 0.230 e. The summed E-state index contributed by atoms with van der Waals surface area (Å²) in [5.74, 6) is 0.165. The van der Waals surface area contributed by atoms with Crippen molar-refractivity contribution in [3.63, 3.8) is 0 Å². The minimum atomic E-state index is -0.442. The first-order valence-electron chi connectivity index (χ1n) is 11.6. The van der Waals surface area contributed by atoms with Gasteiger partial charge in [0, 0.05) is 34.4 Å². The molecule has 0 atom stereocenters. The predicted octanol–water partition coefficient (Wildman–Crippen LogP) is 5.38. The van der Waals surface area contributed by atoms with E-state index in [0.29, 0.717) is 0 Å². The van der Waals surface area contributed by atoms with Gasteiger partial charge in [-0.2, -0.15) is 0 Å². The number of likely N-dealkylation sites (tertiary alicyclic amines) is 1. The van der Waals surface area contributed by atoms with Gasteiger partial charge in [-0.15, -0.1) is 0 Å². The third kappa shape index (κ3) is 3.80. The van der Waals surface area contributed by atoms with Gasteiger partial charge in [0.2, 0.25) is 5.91 Å². The Hall–Kier alpha value is -3.11. The second-order valence-electron chi connectivity index (χ2n) is 9.40. The van der Waals surface area contributed by atoms with E-state index >= 15 is 0 Å². The maximum absolute atomic E-state index is 13.3. The van der Waals surface area contributed by atoms with Crippen LogP contribution in [0.15, 0.2) is 72.8 Å². The van der Waals surface area contributed by atoms with Crippen LogP contribution in [0.25, 0.3) is 21.8 Å². The highest BCUT2D eigenvalue weighted by atomic mass is 16.2. The standard InChI is InChI=1S/C28H31N3O/c1-20(2)29-27(32)28(22-8-4-3-5-9-22)14-16-31(17-15-28)19-21-12-13-26-24(18-21)23-10-6-7-11-25(23)30-26/h3-13,18,20,30H,14-17,19H2,1-2H3,(H,29,32). The SMILES string of the molecule is CC(C)NC(=O)C1(c2ccccc2)CCN(Cc2ccc3[nH]c4ccccc4c3c2)CC1. The molecule has 4 nitrogen and oxygen atoms in total. The lowest BCUT2D eigenvalue weighted by atomic mass is 9.71. The quantitative estimate of drug-likeness (QED) is 0.451. The largest absolute Gasteiger partial charge is 0.355 e. The number of carbonyl (C=O) groups is 1. The Labute approximate surface area is 189 Å². The Bertz CT molecular complexity index is 1230. The van der Waals surface area contributed by atoms with Crippen LogP contribution >= 0.6 is 0 Å². The van der Waals surface area contributed by atoms with Crippen LogP contribution in [0.4, 0.5) is 0 Å². The second-order valence-corrected chi connectivity index (χ2v) is 9.40. The minimum Gasteiger partial charge on any atom is -0.355 e. The second kappa shape index (κ2) is 8.44. The zero-order chi connectivity index (χ0) is 22.1. The molecule has 32 heavy (non-hydrogen) atoms. The van der Waals surface area contributed by atoms with Crippen molar-refractivity contribution in [1.82, 2.24) is 15.2 Å². The van der Waals surface area contributed by atoms with Gasteiger partial charge in [-0.25, -0.2) is 0 Å². The third-order valence-corrected chi connectivity index (χ3v) is 6.87. The average Bonchev–Trinajstić information content (AvgIpc) is 3.18. The van der Waals surface area contributed by atoms with E-state index in [2.05, 4.69) is 69.8 Å². The van der Waals surface area contributed by atoms with Crippen LogP contribution in [-0.4, -0.2) is 34.9 Å². The minimum absolute atomic E-state index is 0.143. The van der Waals surface area contributed by atoms with E-state index in [1.807, 2.05) is 32.0 Å². The zero-order valence-electron chi connectivity index (χ0n) is 18.9. The lowest BCUT2D eigenvalue weighted by Gasteiger charge is -2.41. The number of carbonyl (C=O) groups excluding carboxylic acids is 1. The fourth-order valence-electron chi connectivity index (χ4n) is 5.15. The number of H-pyrrole nitrogens is 1. The molecule has 1 aromatic heterocycles. The molecule has 2 N–H and O–H groups in total. The highest BCUT2D eigenvalue weighted by Gasteiger charge is 2.42. The number of hydrogen-bond donors (Lipinski definition) is 2. The number of amides is 1. The van der Waals surface area contributed by atoms with Crippen LogP contribution in [-0.2, 0) is 16.8 Å². The molecule has 1 fully saturated rings. The third-order valence-electron chi connectivity index (χ3n) is 6.87. The number of benzene rings is 3. The molecule has 0 unspecified atom stereocenters. The van der Waals surface area contributed by atoms with Crippen molar-refractivity contribution in [2.24, 2.45) is 0 Å². The number of aromatic nitrogens is 1. The van der Waals surface area contributed by atoms with Crippen molar-refractivity contribution in [2.75, 3.05) is 13.1 Å². The molecular formula is C28H31N3O.